The molecular formula is C11H21NO2. The zero-order valence-electron chi connectivity index (χ0n) is 9.04. The summed E-state index contributed by atoms with van der Waals surface area (Å²) in [6.45, 7) is 4.28. The number of aliphatic hydroxyl groups is 1. The first-order chi connectivity index (χ1) is 6.74. The van der Waals surface area contributed by atoms with Crippen molar-refractivity contribution in [3.05, 3.63) is 0 Å². The molecule has 2 heterocycles. The molecule has 3 heteroatoms. The van der Waals surface area contributed by atoms with E-state index in [0.717, 1.165) is 25.6 Å². The summed E-state index contributed by atoms with van der Waals surface area (Å²) in [6.07, 6.45) is 3.74. The normalized spacial score (nSPS) is 28.7. The fourth-order valence-electron chi connectivity index (χ4n) is 2.54. The minimum absolute atomic E-state index is 0.126. The van der Waals surface area contributed by atoms with E-state index in [4.69, 9.17) is 4.74 Å². The van der Waals surface area contributed by atoms with Gasteiger partial charge in [-0.3, -0.25) is 0 Å². The third-order valence-electron chi connectivity index (χ3n) is 3.71. The van der Waals surface area contributed by atoms with E-state index < -0.39 is 0 Å². The molecule has 3 nitrogen and oxygen atoms in total. The molecule has 0 aliphatic carbocycles. The van der Waals surface area contributed by atoms with Crippen molar-refractivity contribution in [2.45, 2.75) is 19.3 Å². The van der Waals surface area contributed by atoms with Crippen LogP contribution in [-0.2, 0) is 4.74 Å². The van der Waals surface area contributed by atoms with Crippen LogP contribution in [0, 0.1) is 11.3 Å². The second-order valence-corrected chi connectivity index (χ2v) is 5.10. The summed E-state index contributed by atoms with van der Waals surface area (Å²) in [5, 5.41) is 9.33. The van der Waals surface area contributed by atoms with Crippen LogP contribution in [0.2, 0.25) is 0 Å². The molecule has 14 heavy (non-hydrogen) atoms. The molecule has 0 saturated carbocycles. The quantitative estimate of drug-likeness (QED) is 0.727. The summed E-state index contributed by atoms with van der Waals surface area (Å²) in [4.78, 5) is 2.39. The van der Waals surface area contributed by atoms with Crippen molar-refractivity contribution in [3.63, 3.8) is 0 Å². The van der Waals surface area contributed by atoms with Crippen LogP contribution in [0.15, 0.2) is 0 Å². The highest BCUT2D eigenvalue weighted by atomic mass is 16.5. The van der Waals surface area contributed by atoms with Gasteiger partial charge in [-0.05, 0) is 45.3 Å². The van der Waals surface area contributed by atoms with Crippen molar-refractivity contribution in [2.24, 2.45) is 11.3 Å². The van der Waals surface area contributed by atoms with Gasteiger partial charge in [-0.2, -0.15) is 0 Å². The average Bonchev–Trinajstić information content (AvgIpc) is 2.15. The number of hydrogen-bond donors (Lipinski definition) is 1. The Hall–Kier alpha value is -0.120. The van der Waals surface area contributed by atoms with Crippen LogP contribution in [0.25, 0.3) is 0 Å². The molecule has 0 spiro atoms. The van der Waals surface area contributed by atoms with Crippen LogP contribution < -0.4 is 0 Å². The second-order valence-electron chi connectivity index (χ2n) is 5.10. The molecule has 0 aromatic rings. The van der Waals surface area contributed by atoms with Gasteiger partial charge in [0.1, 0.15) is 0 Å². The number of nitrogens with zero attached hydrogens (tertiary/aromatic N) is 1. The third kappa shape index (κ3) is 2.10. The first kappa shape index (κ1) is 10.4. The van der Waals surface area contributed by atoms with Gasteiger partial charge in [0.2, 0.25) is 0 Å². The summed E-state index contributed by atoms with van der Waals surface area (Å²) in [7, 11) is 2.19. The van der Waals surface area contributed by atoms with Gasteiger partial charge in [0.25, 0.3) is 0 Å². The maximum absolute atomic E-state index is 9.33. The smallest absolute Gasteiger partial charge is 0.0567 e. The van der Waals surface area contributed by atoms with Crippen LogP contribution in [0.3, 0.4) is 0 Å². The number of piperidine rings is 1. The van der Waals surface area contributed by atoms with Gasteiger partial charge in [0, 0.05) is 5.41 Å². The van der Waals surface area contributed by atoms with E-state index in [9.17, 15) is 5.11 Å². The van der Waals surface area contributed by atoms with Gasteiger partial charge in [-0.15, -0.1) is 0 Å². The number of aliphatic hydroxyl groups excluding tert-OH is 1. The zero-order valence-corrected chi connectivity index (χ0v) is 9.04. The molecule has 2 aliphatic rings. The van der Waals surface area contributed by atoms with Crippen LogP contribution in [0.4, 0.5) is 0 Å². The van der Waals surface area contributed by atoms with Gasteiger partial charge in [0.15, 0.2) is 0 Å². The SMILES string of the molecule is CN1CCC(CC2(CO)COC2)CC1. The molecule has 0 aromatic heterocycles. The Bertz CT molecular complexity index is 178. The summed E-state index contributed by atoms with van der Waals surface area (Å²) < 4.78 is 5.22. The number of rotatable bonds is 3. The fourth-order valence-corrected chi connectivity index (χ4v) is 2.54. The Morgan fingerprint density at radius 2 is 2.00 bits per heavy atom. The zero-order chi connectivity index (χ0) is 10.0. The van der Waals surface area contributed by atoms with Gasteiger partial charge in [0.05, 0.1) is 19.8 Å². The number of likely N-dealkylation sites (tertiary alicyclic amines) is 1. The molecule has 0 bridgehead atoms. The van der Waals surface area contributed by atoms with Crippen molar-refractivity contribution in [1.82, 2.24) is 4.90 Å². The van der Waals surface area contributed by atoms with E-state index >= 15 is 0 Å². The highest BCUT2D eigenvalue weighted by Crippen LogP contribution is 2.37. The van der Waals surface area contributed by atoms with Crippen molar-refractivity contribution < 1.29 is 9.84 Å². The van der Waals surface area contributed by atoms with E-state index in [2.05, 4.69) is 11.9 Å². The molecule has 0 radical (unpaired) electrons. The van der Waals surface area contributed by atoms with Crippen LogP contribution in [-0.4, -0.2) is 50.0 Å². The van der Waals surface area contributed by atoms with Crippen molar-refractivity contribution in [3.8, 4) is 0 Å². The lowest BCUT2D eigenvalue weighted by molar-refractivity contribution is -0.149. The largest absolute Gasteiger partial charge is 0.396 e. The van der Waals surface area contributed by atoms with Crippen LogP contribution in [0.5, 0.6) is 0 Å². The number of hydrogen-bond acceptors (Lipinski definition) is 3. The van der Waals surface area contributed by atoms with Crippen LogP contribution in [0.1, 0.15) is 19.3 Å². The van der Waals surface area contributed by atoms with Gasteiger partial charge in [-0.25, -0.2) is 0 Å². The van der Waals surface area contributed by atoms with E-state index in [0.29, 0.717) is 6.61 Å². The Kier molecular flexibility index (Phi) is 3.10. The highest BCUT2D eigenvalue weighted by Gasteiger charge is 2.40. The lowest BCUT2D eigenvalue weighted by Crippen LogP contribution is -2.47. The Morgan fingerprint density at radius 3 is 2.43 bits per heavy atom. The molecule has 0 unspecified atom stereocenters. The molecule has 2 saturated heterocycles. The molecule has 0 amide bonds. The summed E-state index contributed by atoms with van der Waals surface area (Å²) >= 11 is 0. The minimum atomic E-state index is 0.126. The van der Waals surface area contributed by atoms with Crippen molar-refractivity contribution in [2.75, 3.05) is 40.0 Å². The second kappa shape index (κ2) is 4.17. The molecule has 0 atom stereocenters. The minimum Gasteiger partial charge on any atom is -0.396 e. The monoisotopic (exact) mass is 199 g/mol. The Labute approximate surface area is 86.0 Å². The molecular weight excluding hydrogens is 178 g/mol. The molecule has 2 aliphatic heterocycles. The van der Waals surface area contributed by atoms with Gasteiger partial charge in [-0.1, -0.05) is 0 Å². The standard InChI is InChI=1S/C11H21NO2/c1-12-4-2-10(3-5-12)6-11(7-13)8-14-9-11/h10,13H,2-9H2,1H3. The lowest BCUT2D eigenvalue weighted by atomic mass is 9.75. The molecule has 1 N–H and O–H groups in total. The van der Waals surface area contributed by atoms with Gasteiger partial charge < -0.3 is 14.7 Å². The topological polar surface area (TPSA) is 32.7 Å². The van der Waals surface area contributed by atoms with Crippen molar-refractivity contribution in [1.29, 1.82) is 0 Å². The Balaban J connectivity index is 1.79. The van der Waals surface area contributed by atoms with Gasteiger partial charge >= 0.3 is 0 Å². The first-order valence-corrected chi connectivity index (χ1v) is 5.61. The summed E-state index contributed by atoms with van der Waals surface area (Å²) in [5.74, 6) is 0.808. The van der Waals surface area contributed by atoms with Crippen LogP contribution >= 0.6 is 0 Å². The van der Waals surface area contributed by atoms with E-state index in [1.165, 1.54) is 25.9 Å². The predicted octanol–water partition coefficient (Wildman–Crippen LogP) is 0.727. The summed E-state index contributed by atoms with van der Waals surface area (Å²) in [6, 6.07) is 0. The van der Waals surface area contributed by atoms with E-state index in [1.807, 2.05) is 0 Å². The Morgan fingerprint density at radius 1 is 1.36 bits per heavy atom. The molecule has 82 valence electrons. The maximum atomic E-state index is 9.33. The van der Waals surface area contributed by atoms with E-state index in [1.54, 1.807) is 0 Å². The predicted molar refractivity (Wildman–Crippen MR) is 55.2 cm³/mol. The lowest BCUT2D eigenvalue weighted by Gasteiger charge is -2.43. The molecule has 2 rings (SSSR count). The fraction of sp³-hybridized carbons (Fsp3) is 1.00. The third-order valence-corrected chi connectivity index (χ3v) is 3.71. The van der Waals surface area contributed by atoms with E-state index in [-0.39, 0.29) is 5.41 Å². The average molecular weight is 199 g/mol. The first-order valence-electron chi connectivity index (χ1n) is 5.61. The van der Waals surface area contributed by atoms with Crippen molar-refractivity contribution >= 4 is 0 Å². The highest BCUT2D eigenvalue weighted by molar-refractivity contribution is 4.88. The number of ether oxygens (including phenoxy) is 1. The maximum Gasteiger partial charge on any atom is 0.0567 e. The molecule has 2 fully saturated rings. The summed E-state index contributed by atoms with van der Waals surface area (Å²) in [5.41, 5.74) is 0.126. The molecule has 0 aromatic carbocycles.